The number of aromatic nitrogens is 2. The summed E-state index contributed by atoms with van der Waals surface area (Å²) in [4.78, 5) is 0. The van der Waals surface area contributed by atoms with Crippen LogP contribution in [0, 0.1) is 25.2 Å². The average molecular weight is 381 g/mol. The van der Waals surface area contributed by atoms with Crippen LogP contribution in [0.3, 0.4) is 0 Å². The summed E-state index contributed by atoms with van der Waals surface area (Å²) >= 11 is 3.52. The number of nitrogens with zero attached hydrogens (tertiary/aromatic N) is 3. The highest BCUT2D eigenvalue weighted by molar-refractivity contribution is 9.10. The first kappa shape index (κ1) is 16.4. The molecule has 0 fully saturated rings. The van der Waals surface area contributed by atoms with Gasteiger partial charge >= 0.3 is 0 Å². The number of benzene rings is 2. The molecule has 0 saturated carbocycles. The third kappa shape index (κ3) is 3.24. The predicted octanol–water partition coefficient (Wildman–Crippen LogP) is 5.05. The van der Waals surface area contributed by atoms with Gasteiger partial charge in [-0.25, -0.2) is 0 Å². The molecule has 1 atom stereocenters. The number of hydrogen-bond donors (Lipinski definition) is 1. The molecule has 1 unspecified atom stereocenters. The molecule has 0 spiro atoms. The van der Waals surface area contributed by atoms with Crippen molar-refractivity contribution >= 4 is 32.5 Å². The van der Waals surface area contributed by atoms with Gasteiger partial charge in [0, 0.05) is 15.2 Å². The topological polar surface area (TPSA) is 61.6 Å². The van der Waals surface area contributed by atoms with Crippen molar-refractivity contribution in [1.82, 2.24) is 10.2 Å². The van der Waals surface area contributed by atoms with Gasteiger partial charge in [-0.05, 0) is 56.2 Å². The first-order chi connectivity index (χ1) is 11.5. The Bertz CT molecular complexity index is 959. The molecule has 0 saturated heterocycles. The van der Waals surface area contributed by atoms with Crippen molar-refractivity contribution in [3.8, 4) is 6.07 Å². The van der Waals surface area contributed by atoms with E-state index in [4.69, 9.17) is 5.26 Å². The third-order valence-corrected chi connectivity index (χ3v) is 4.50. The lowest BCUT2D eigenvalue weighted by molar-refractivity contribution is 0.859. The summed E-state index contributed by atoms with van der Waals surface area (Å²) in [5, 5.41) is 23.3. The van der Waals surface area contributed by atoms with E-state index in [1.54, 1.807) is 0 Å². The molecule has 3 rings (SSSR count). The summed E-state index contributed by atoms with van der Waals surface area (Å²) in [5.74, 6) is 0.740. The highest BCUT2D eigenvalue weighted by Crippen LogP contribution is 2.29. The molecular weight excluding hydrogens is 364 g/mol. The summed E-state index contributed by atoms with van der Waals surface area (Å²) in [5.41, 5.74) is 3.69. The number of hydrogen-bond acceptors (Lipinski definition) is 4. The van der Waals surface area contributed by atoms with E-state index in [2.05, 4.69) is 50.5 Å². The van der Waals surface area contributed by atoms with E-state index in [-0.39, 0.29) is 6.04 Å². The van der Waals surface area contributed by atoms with Gasteiger partial charge in [-0.15, -0.1) is 5.10 Å². The normalized spacial score (nSPS) is 12.0. The van der Waals surface area contributed by atoms with Gasteiger partial charge in [-0.3, -0.25) is 0 Å². The van der Waals surface area contributed by atoms with Gasteiger partial charge in [0.15, 0.2) is 5.82 Å². The minimum Gasteiger partial charge on any atom is -0.362 e. The molecule has 0 bridgehead atoms. The van der Waals surface area contributed by atoms with Crippen LogP contribution in [0.5, 0.6) is 0 Å². The Hall–Kier alpha value is -2.45. The summed E-state index contributed by atoms with van der Waals surface area (Å²) in [6, 6.07) is 14.2. The number of aryl methyl sites for hydroxylation is 2. The fourth-order valence-electron chi connectivity index (χ4n) is 2.78. The number of nitrogens with one attached hydrogen (secondary N) is 1. The Morgan fingerprint density at radius 1 is 1.08 bits per heavy atom. The average Bonchev–Trinajstić information content (AvgIpc) is 2.56. The Labute approximate surface area is 149 Å². The van der Waals surface area contributed by atoms with Gasteiger partial charge in [0.25, 0.3) is 0 Å². The smallest absolute Gasteiger partial charge is 0.157 e. The number of halogens is 1. The largest absolute Gasteiger partial charge is 0.362 e. The molecule has 120 valence electrons. The van der Waals surface area contributed by atoms with E-state index in [0.29, 0.717) is 5.56 Å². The second-order valence-electron chi connectivity index (χ2n) is 5.93. The Morgan fingerprint density at radius 3 is 2.62 bits per heavy atom. The van der Waals surface area contributed by atoms with Crippen LogP contribution in [-0.4, -0.2) is 10.2 Å². The van der Waals surface area contributed by atoms with E-state index in [9.17, 15) is 0 Å². The zero-order chi connectivity index (χ0) is 17.3. The van der Waals surface area contributed by atoms with Crippen molar-refractivity contribution in [2.45, 2.75) is 26.8 Å². The fourth-order valence-corrected chi connectivity index (χ4v) is 3.14. The van der Waals surface area contributed by atoms with Crippen molar-refractivity contribution in [2.24, 2.45) is 0 Å². The first-order valence-corrected chi connectivity index (χ1v) is 8.48. The van der Waals surface area contributed by atoms with E-state index >= 15 is 0 Å². The van der Waals surface area contributed by atoms with Crippen LogP contribution in [0.4, 0.5) is 5.82 Å². The molecule has 3 aromatic rings. The Morgan fingerprint density at radius 2 is 1.88 bits per heavy atom. The van der Waals surface area contributed by atoms with Gasteiger partial charge in [0.2, 0.25) is 0 Å². The lowest BCUT2D eigenvalue weighted by Gasteiger charge is -2.17. The van der Waals surface area contributed by atoms with Gasteiger partial charge in [0.05, 0.1) is 23.4 Å². The van der Waals surface area contributed by atoms with E-state index in [0.717, 1.165) is 37.9 Å². The lowest BCUT2D eigenvalue weighted by atomic mass is 10.0. The van der Waals surface area contributed by atoms with Gasteiger partial charge in [0.1, 0.15) is 0 Å². The maximum absolute atomic E-state index is 9.16. The molecule has 0 amide bonds. The van der Waals surface area contributed by atoms with Crippen LogP contribution in [0.2, 0.25) is 0 Å². The Balaban J connectivity index is 2.01. The standard InChI is InChI=1S/C19H17BrN4/c1-11-6-14(10-21)8-15(7-11)12(2)22-19-18-9-16(20)4-5-17(18)13(3)23-24-19/h4-9,12H,1-3H3,(H,22,24). The zero-order valence-electron chi connectivity index (χ0n) is 13.8. The van der Waals surface area contributed by atoms with Crippen molar-refractivity contribution < 1.29 is 0 Å². The van der Waals surface area contributed by atoms with Crippen LogP contribution in [0.25, 0.3) is 10.8 Å². The molecule has 1 N–H and O–H groups in total. The minimum atomic E-state index is 0.0104. The van der Waals surface area contributed by atoms with Crippen LogP contribution in [-0.2, 0) is 0 Å². The second-order valence-corrected chi connectivity index (χ2v) is 6.85. The summed E-state index contributed by atoms with van der Waals surface area (Å²) in [6.07, 6.45) is 0. The van der Waals surface area contributed by atoms with Crippen molar-refractivity contribution in [2.75, 3.05) is 5.32 Å². The predicted molar refractivity (Wildman–Crippen MR) is 99.9 cm³/mol. The van der Waals surface area contributed by atoms with Gasteiger partial charge < -0.3 is 5.32 Å². The van der Waals surface area contributed by atoms with E-state index in [1.807, 2.05) is 44.2 Å². The highest BCUT2D eigenvalue weighted by atomic mass is 79.9. The molecule has 24 heavy (non-hydrogen) atoms. The molecule has 2 aromatic carbocycles. The number of anilines is 1. The van der Waals surface area contributed by atoms with Crippen molar-refractivity contribution in [3.05, 3.63) is 63.3 Å². The molecular formula is C19H17BrN4. The molecule has 0 aliphatic rings. The molecule has 4 nitrogen and oxygen atoms in total. The number of nitriles is 1. The van der Waals surface area contributed by atoms with E-state index in [1.165, 1.54) is 0 Å². The number of rotatable bonds is 3. The lowest BCUT2D eigenvalue weighted by Crippen LogP contribution is -2.10. The molecule has 0 aliphatic heterocycles. The fraction of sp³-hybridized carbons (Fsp3) is 0.211. The first-order valence-electron chi connectivity index (χ1n) is 7.68. The monoisotopic (exact) mass is 380 g/mol. The van der Waals surface area contributed by atoms with Crippen LogP contribution >= 0.6 is 15.9 Å². The summed E-state index contributed by atoms with van der Waals surface area (Å²) < 4.78 is 1.00. The molecule has 0 aliphatic carbocycles. The van der Waals surface area contributed by atoms with Crippen LogP contribution < -0.4 is 5.32 Å². The minimum absolute atomic E-state index is 0.0104. The van der Waals surface area contributed by atoms with Crippen molar-refractivity contribution in [3.63, 3.8) is 0 Å². The van der Waals surface area contributed by atoms with Crippen molar-refractivity contribution in [1.29, 1.82) is 5.26 Å². The van der Waals surface area contributed by atoms with E-state index < -0.39 is 0 Å². The summed E-state index contributed by atoms with van der Waals surface area (Å²) in [7, 11) is 0. The molecule has 1 heterocycles. The third-order valence-electron chi connectivity index (χ3n) is 4.01. The summed E-state index contributed by atoms with van der Waals surface area (Å²) in [6.45, 7) is 6.01. The molecule has 0 radical (unpaired) electrons. The Kier molecular flexibility index (Phi) is 4.50. The van der Waals surface area contributed by atoms with Gasteiger partial charge in [-0.1, -0.05) is 28.1 Å². The van der Waals surface area contributed by atoms with Crippen LogP contribution in [0.1, 0.15) is 35.3 Å². The SMILES string of the molecule is Cc1cc(C#N)cc(C(C)Nc2nnc(C)c3ccc(Br)cc23)c1. The highest BCUT2D eigenvalue weighted by Gasteiger charge is 2.12. The maximum Gasteiger partial charge on any atom is 0.157 e. The number of fused-ring (bicyclic) bond motifs is 1. The maximum atomic E-state index is 9.16. The zero-order valence-corrected chi connectivity index (χ0v) is 15.3. The molecule has 1 aromatic heterocycles. The van der Waals surface area contributed by atoms with Gasteiger partial charge in [-0.2, -0.15) is 10.4 Å². The molecule has 5 heteroatoms. The quantitative estimate of drug-likeness (QED) is 0.689. The second kappa shape index (κ2) is 6.58. The van der Waals surface area contributed by atoms with Crippen LogP contribution in [0.15, 0.2) is 40.9 Å².